The van der Waals surface area contributed by atoms with Crippen molar-refractivity contribution in [3.8, 4) is 11.8 Å². The maximum atomic E-state index is 14.3. The Balaban J connectivity index is 1.22. The van der Waals surface area contributed by atoms with Crippen LogP contribution in [-0.2, 0) is 20.5 Å². The van der Waals surface area contributed by atoms with Gasteiger partial charge in [-0.25, -0.2) is 8.78 Å². The molecular weight excluding hydrogens is 591 g/mol. The maximum Gasteiger partial charge on any atom is 0.417 e. The number of nitriles is 1. The minimum atomic E-state index is -4.61. The van der Waals surface area contributed by atoms with E-state index in [9.17, 15) is 30.4 Å². The summed E-state index contributed by atoms with van der Waals surface area (Å²) in [4.78, 5) is 1.78. The second kappa shape index (κ2) is 13.3. The van der Waals surface area contributed by atoms with Gasteiger partial charge in [-0.3, -0.25) is 4.18 Å². The van der Waals surface area contributed by atoms with Gasteiger partial charge in [0.25, 0.3) is 16.0 Å². The van der Waals surface area contributed by atoms with E-state index in [0.717, 1.165) is 17.2 Å². The summed E-state index contributed by atoms with van der Waals surface area (Å²) in [7, 11) is -4.12. The van der Waals surface area contributed by atoms with Gasteiger partial charge in [-0.05, 0) is 73.7 Å². The molecule has 0 radical (unpaired) electrons. The van der Waals surface area contributed by atoms with E-state index >= 15 is 0 Å². The van der Waals surface area contributed by atoms with Gasteiger partial charge in [0.2, 0.25) is 0 Å². The molecule has 3 aromatic carbocycles. The summed E-state index contributed by atoms with van der Waals surface area (Å²) in [6.07, 6.45) is -4.60. The molecule has 43 heavy (non-hydrogen) atoms. The van der Waals surface area contributed by atoms with Crippen LogP contribution >= 0.6 is 0 Å². The monoisotopic (exact) mass is 622 g/mol. The van der Waals surface area contributed by atoms with Gasteiger partial charge in [-0.15, -0.1) is 0 Å². The Hall–Kier alpha value is -3.69. The average Bonchev–Trinajstić information content (AvgIpc) is 2.97. The Kier molecular flexibility index (Phi) is 9.97. The lowest BCUT2D eigenvalue weighted by Crippen LogP contribution is -2.33. The molecule has 0 saturated carbocycles. The number of hydrogen-bond donors (Lipinski definition) is 0. The van der Waals surface area contributed by atoms with Crippen LogP contribution in [0.4, 0.5) is 27.6 Å². The lowest BCUT2D eigenvalue weighted by molar-refractivity contribution is -0.137. The number of alkyl halides is 5. The van der Waals surface area contributed by atoms with Gasteiger partial charge in [-0.2, -0.15) is 26.9 Å². The zero-order chi connectivity index (χ0) is 31.3. The zero-order valence-corrected chi connectivity index (χ0v) is 24.2. The number of halogens is 5. The summed E-state index contributed by atoms with van der Waals surface area (Å²) >= 11 is 0. The summed E-state index contributed by atoms with van der Waals surface area (Å²) in [6, 6.07) is 18.3. The van der Waals surface area contributed by atoms with Crippen LogP contribution in [-0.4, -0.2) is 40.6 Å². The predicted molar refractivity (Wildman–Crippen MR) is 151 cm³/mol. The van der Waals surface area contributed by atoms with Crippen molar-refractivity contribution in [2.75, 3.05) is 31.2 Å². The molecule has 1 saturated heterocycles. The Labute approximate surface area is 247 Å². The van der Waals surface area contributed by atoms with E-state index in [1.54, 1.807) is 37.3 Å². The van der Waals surface area contributed by atoms with E-state index in [4.69, 9.17) is 14.2 Å². The summed E-state index contributed by atoms with van der Waals surface area (Å²) < 4.78 is 103. The van der Waals surface area contributed by atoms with Crippen LogP contribution in [0.2, 0.25) is 0 Å². The van der Waals surface area contributed by atoms with Crippen LogP contribution in [0.3, 0.4) is 0 Å². The van der Waals surface area contributed by atoms with Crippen LogP contribution in [0.1, 0.15) is 53.9 Å². The second-order valence-electron chi connectivity index (χ2n) is 10.5. The van der Waals surface area contributed by atoms with E-state index in [2.05, 4.69) is 0 Å². The maximum absolute atomic E-state index is 14.3. The van der Waals surface area contributed by atoms with Crippen LogP contribution in [0.15, 0.2) is 71.6 Å². The molecule has 230 valence electrons. The number of benzene rings is 3. The molecule has 0 unspecified atom stereocenters. The Morgan fingerprint density at radius 3 is 2.14 bits per heavy atom. The molecule has 3 aromatic rings. The number of nitrogens with zero attached hydrogens (tertiary/aromatic N) is 2. The van der Waals surface area contributed by atoms with Gasteiger partial charge in [-0.1, -0.05) is 29.8 Å². The van der Waals surface area contributed by atoms with Crippen LogP contribution in [0.5, 0.6) is 5.75 Å². The molecule has 0 amide bonds. The van der Waals surface area contributed by atoms with Gasteiger partial charge >= 0.3 is 6.18 Å². The molecule has 12 heteroatoms. The minimum Gasteiger partial charge on any atom is -0.493 e. The molecule has 0 aromatic heterocycles. The number of rotatable bonds is 11. The third-order valence-electron chi connectivity index (χ3n) is 7.39. The second-order valence-corrected chi connectivity index (χ2v) is 12.1. The SMILES string of the molecule is Cc1ccc(S(=O)(=O)OCCC(F)(F)CCOc2ccc(C3CCN(c4ccc(C#N)c(C(F)(F)F)c4)CC3)cc2)cc1. The van der Waals surface area contributed by atoms with Gasteiger partial charge in [0.1, 0.15) is 5.75 Å². The molecule has 0 atom stereocenters. The first-order valence-corrected chi connectivity index (χ1v) is 15.1. The standard InChI is InChI=1S/C31H31F5N2O4S/c1-22-2-10-28(11-3-22)43(39,40)42-19-15-30(32,33)14-18-41-27-8-5-23(6-9-27)24-12-16-38(17-13-24)26-7-4-25(21-37)29(20-26)31(34,35)36/h2-11,20,24H,12-19H2,1H3. The molecule has 1 aliphatic rings. The quantitative estimate of drug-likeness (QED) is 0.163. The lowest BCUT2D eigenvalue weighted by Gasteiger charge is -2.34. The largest absolute Gasteiger partial charge is 0.493 e. The van der Waals surface area contributed by atoms with E-state index in [0.29, 0.717) is 37.4 Å². The van der Waals surface area contributed by atoms with Crippen molar-refractivity contribution in [1.82, 2.24) is 0 Å². The van der Waals surface area contributed by atoms with E-state index in [1.807, 2.05) is 17.0 Å². The molecule has 0 aliphatic carbocycles. The van der Waals surface area contributed by atoms with Crippen molar-refractivity contribution in [1.29, 1.82) is 5.26 Å². The number of piperidine rings is 1. The average molecular weight is 623 g/mol. The van der Waals surface area contributed by atoms with Crippen LogP contribution in [0.25, 0.3) is 0 Å². The Morgan fingerprint density at radius 1 is 0.907 bits per heavy atom. The topological polar surface area (TPSA) is 79.6 Å². The predicted octanol–water partition coefficient (Wildman–Crippen LogP) is 7.47. The van der Waals surface area contributed by atoms with Crippen molar-refractivity contribution >= 4 is 15.8 Å². The third kappa shape index (κ3) is 8.67. The summed E-state index contributed by atoms with van der Waals surface area (Å²) in [6.45, 7) is 1.93. The molecule has 4 rings (SSSR count). The van der Waals surface area contributed by atoms with Gasteiger partial charge in [0, 0.05) is 31.6 Å². The van der Waals surface area contributed by atoms with Crippen molar-refractivity contribution in [2.45, 2.75) is 55.5 Å². The van der Waals surface area contributed by atoms with Crippen molar-refractivity contribution in [3.05, 3.63) is 89.0 Å². The molecule has 0 spiro atoms. The molecule has 1 heterocycles. The fraction of sp³-hybridized carbons (Fsp3) is 0.387. The number of aryl methyl sites for hydroxylation is 1. The fourth-order valence-corrected chi connectivity index (χ4v) is 5.79. The first-order chi connectivity index (χ1) is 20.3. The number of hydrogen-bond acceptors (Lipinski definition) is 6. The minimum absolute atomic E-state index is 0.0930. The van der Waals surface area contributed by atoms with Gasteiger partial charge in [0.05, 0.1) is 35.3 Å². The number of anilines is 1. The van der Waals surface area contributed by atoms with Crippen molar-refractivity contribution in [3.63, 3.8) is 0 Å². The Bertz CT molecular complexity index is 1530. The van der Waals surface area contributed by atoms with Gasteiger partial charge < -0.3 is 9.64 Å². The fourth-order valence-electron chi connectivity index (χ4n) is 4.89. The highest BCUT2D eigenvalue weighted by atomic mass is 32.2. The highest BCUT2D eigenvalue weighted by Crippen LogP contribution is 2.37. The zero-order valence-electron chi connectivity index (χ0n) is 23.4. The van der Waals surface area contributed by atoms with E-state index in [1.165, 1.54) is 24.3 Å². The normalized spacial score (nSPS) is 14.9. The molecule has 6 nitrogen and oxygen atoms in total. The smallest absolute Gasteiger partial charge is 0.417 e. The first kappa shape index (κ1) is 32.2. The van der Waals surface area contributed by atoms with Gasteiger partial charge in [0.15, 0.2) is 0 Å². The summed E-state index contributed by atoms with van der Waals surface area (Å²) in [5.74, 6) is -2.61. The lowest BCUT2D eigenvalue weighted by atomic mass is 9.89. The van der Waals surface area contributed by atoms with Crippen molar-refractivity contribution < 1.29 is 39.3 Å². The first-order valence-electron chi connectivity index (χ1n) is 13.7. The highest BCUT2D eigenvalue weighted by molar-refractivity contribution is 7.86. The van der Waals surface area contributed by atoms with Crippen molar-refractivity contribution in [2.24, 2.45) is 0 Å². The molecular formula is C31H31F5N2O4S. The summed E-state index contributed by atoms with van der Waals surface area (Å²) in [5, 5.41) is 9.01. The summed E-state index contributed by atoms with van der Waals surface area (Å²) in [5.41, 5.74) is 0.943. The van der Waals surface area contributed by atoms with Crippen LogP contribution < -0.4 is 9.64 Å². The Morgan fingerprint density at radius 2 is 1.53 bits per heavy atom. The van der Waals surface area contributed by atoms with E-state index < -0.39 is 52.8 Å². The molecule has 0 bridgehead atoms. The third-order valence-corrected chi connectivity index (χ3v) is 8.72. The van der Waals surface area contributed by atoms with Crippen LogP contribution in [0, 0.1) is 18.3 Å². The molecule has 1 fully saturated rings. The van der Waals surface area contributed by atoms with E-state index in [-0.39, 0.29) is 17.4 Å². The number of ether oxygens (including phenoxy) is 1. The molecule has 1 aliphatic heterocycles. The highest BCUT2D eigenvalue weighted by Gasteiger charge is 2.35. The molecule has 0 N–H and O–H groups in total.